The molecule has 0 fully saturated rings. The van der Waals surface area contributed by atoms with Crippen LogP contribution in [0.5, 0.6) is 0 Å². The van der Waals surface area contributed by atoms with Crippen LogP contribution in [0.4, 0.5) is 0 Å². The van der Waals surface area contributed by atoms with Crippen molar-refractivity contribution in [2.75, 3.05) is 5.75 Å². The quantitative estimate of drug-likeness (QED) is 0.870. The van der Waals surface area contributed by atoms with Crippen molar-refractivity contribution in [1.29, 1.82) is 0 Å². The lowest BCUT2D eigenvalue weighted by atomic mass is 9.98. The van der Waals surface area contributed by atoms with Gasteiger partial charge in [-0.2, -0.15) is 0 Å². The Balaban J connectivity index is 1.81. The second-order valence-electron chi connectivity index (χ2n) is 5.57. The molecule has 1 atom stereocenters. The van der Waals surface area contributed by atoms with Gasteiger partial charge in [-0.05, 0) is 31.9 Å². The molecule has 0 radical (unpaired) electrons. The van der Waals surface area contributed by atoms with Crippen LogP contribution in [0.1, 0.15) is 41.3 Å². The molecule has 2 N–H and O–H groups in total. The molecule has 118 valence electrons. The number of rotatable bonds is 3. The van der Waals surface area contributed by atoms with Gasteiger partial charge in [0.25, 0.3) is 0 Å². The van der Waals surface area contributed by atoms with Crippen LogP contribution in [0.2, 0.25) is 0 Å². The number of nitrogens with two attached hydrogens (primary N) is 1. The zero-order valence-electron chi connectivity index (χ0n) is 13.2. The standard InChI is InChI=1S/C17H18N4S2/c1-3-4-12-7-13(10-19-9-12)8-15-20-11-14(23-15)17(2)5-6-22-16(18)21-17/h7,9-11H,5-6,8H2,1-2H3,(H2,18,21). The summed E-state index contributed by atoms with van der Waals surface area (Å²) in [5, 5.41) is 1.74. The maximum atomic E-state index is 5.90. The summed E-state index contributed by atoms with van der Waals surface area (Å²) in [5.41, 5.74) is 7.73. The molecule has 0 bridgehead atoms. The maximum Gasteiger partial charge on any atom is 0.154 e. The highest BCUT2D eigenvalue weighted by Gasteiger charge is 2.31. The first-order valence-corrected chi connectivity index (χ1v) is 9.19. The van der Waals surface area contributed by atoms with E-state index in [0.717, 1.165) is 34.7 Å². The zero-order chi connectivity index (χ0) is 16.3. The van der Waals surface area contributed by atoms with E-state index < -0.39 is 0 Å². The summed E-state index contributed by atoms with van der Waals surface area (Å²) in [6.45, 7) is 3.96. The minimum absolute atomic E-state index is 0.237. The number of amidine groups is 1. The zero-order valence-corrected chi connectivity index (χ0v) is 14.8. The van der Waals surface area contributed by atoms with E-state index in [4.69, 9.17) is 5.73 Å². The number of aromatic nitrogens is 2. The van der Waals surface area contributed by atoms with E-state index in [0.29, 0.717) is 5.17 Å². The van der Waals surface area contributed by atoms with E-state index in [1.54, 1.807) is 29.3 Å². The molecule has 0 amide bonds. The number of hydrogen-bond donors (Lipinski definition) is 1. The lowest BCUT2D eigenvalue weighted by Crippen LogP contribution is -2.27. The average Bonchev–Trinajstić information content (AvgIpc) is 2.97. The molecule has 1 aliphatic rings. The Morgan fingerprint density at radius 2 is 2.22 bits per heavy atom. The van der Waals surface area contributed by atoms with E-state index >= 15 is 0 Å². The van der Waals surface area contributed by atoms with Crippen molar-refractivity contribution < 1.29 is 0 Å². The van der Waals surface area contributed by atoms with E-state index in [1.807, 2.05) is 19.3 Å². The average molecular weight is 342 g/mol. The molecule has 1 aliphatic heterocycles. The normalized spacial score (nSPS) is 20.5. The third-order valence-electron chi connectivity index (χ3n) is 3.70. The molecular formula is C17H18N4S2. The molecule has 0 spiro atoms. The van der Waals surface area contributed by atoms with Crippen molar-refractivity contribution in [3.8, 4) is 11.8 Å². The summed E-state index contributed by atoms with van der Waals surface area (Å²) in [6.07, 6.45) is 7.35. The molecule has 0 aromatic carbocycles. The molecule has 0 saturated heterocycles. The highest BCUT2D eigenvalue weighted by atomic mass is 32.2. The summed E-state index contributed by atoms with van der Waals surface area (Å²) >= 11 is 3.33. The molecule has 4 nitrogen and oxygen atoms in total. The maximum absolute atomic E-state index is 5.90. The first kappa shape index (κ1) is 16.0. The summed E-state index contributed by atoms with van der Waals surface area (Å²) in [7, 11) is 0. The second kappa shape index (κ2) is 6.73. The van der Waals surface area contributed by atoms with Gasteiger partial charge in [-0.25, -0.2) is 4.98 Å². The third kappa shape index (κ3) is 3.74. The molecule has 0 aliphatic carbocycles. The van der Waals surface area contributed by atoms with Gasteiger partial charge in [-0.3, -0.25) is 9.98 Å². The fourth-order valence-corrected chi connectivity index (χ4v) is 4.52. The van der Waals surface area contributed by atoms with E-state index in [2.05, 4.69) is 39.8 Å². The van der Waals surface area contributed by atoms with Gasteiger partial charge in [0.05, 0.1) is 15.4 Å². The Morgan fingerprint density at radius 3 is 3.00 bits per heavy atom. The van der Waals surface area contributed by atoms with Crippen LogP contribution in [0, 0.1) is 11.8 Å². The van der Waals surface area contributed by atoms with E-state index in [-0.39, 0.29) is 5.54 Å². The second-order valence-corrected chi connectivity index (χ2v) is 7.80. The molecule has 1 unspecified atom stereocenters. The highest BCUT2D eigenvalue weighted by Crippen LogP contribution is 2.38. The Kier molecular flexibility index (Phi) is 4.69. The predicted molar refractivity (Wildman–Crippen MR) is 97.8 cm³/mol. The fourth-order valence-electron chi connectivity index (χ4n) is 2.48. The van der Waals surface area contributed by atoms with Gasteiger partial charge in [0.15, 0.2) is 5.17 Å². The van der Waals surface area contributed by atoms with E-state index in [9.17, 15) is 0 Å². The molecule has 2 aromatic heterocycles. The predicted octanol–water partition coefficient (Wildman–Crippen LogP) is 3.17. The molecular weight excluding hydrogens is 324 g/mol. The Hall–Kier alpha value is -1.84. The van der Waals surface area contributed by atoms with Crippen LogP contribution in [-0.4, -0.2) is 20.9 Å². The number of thioether (sulfide) groups is 1. The first-order chi connectivity index (χ1) is 11.1. The molecule has 6 heteroatoms. The summed E-state index contributed by atoms with van der Waals surface area (Å²) in [4.78, 5) is 14.6. The number of aliphatic imine (C=N–C) groups is 1. The highest BCUT2D eigenvalue weighted by molar-refractivity contribution is 8.13. The SMILES string of the molecule is CC#Cc1cncc(Cc2ncc(C3(C)CCSC(N)=N3)s2)c1. The smallest absolute Gasteiger partial charge is 0.154 e. The van der Waals surface area contributed by atoms with Gasteiger partial charge in [0.2, 0.25) is 0 Å². The van der Waals surface area contributed by atoms with Crippen molar-refractivity contribution in [2.45, 2.75) is 32.2 Å². The van der Waals surface area contributed by atoms with Gasteiger partial charge < -0.3 is 5.73 Å². The van der Waals surface area contributed by atoms with Crippen LogP contribution in [0.25, 0.3) is 0 Å². The van der Waals surface area contributed by atoms with Crippen molar-refractivity contribution in [2.24, 2.45) is 10.7 Å². The van der Waals surface area contributed by atoms with Crippen LogP contribution < -0.4 is 5.73 Å². The first-order valence-electron chi connectivity index (χ1n) is 7.39. The van der Waals surface area contributed by atoms with Crippen molar-refractivity contribution in [3.05, 3.63) is 45.7 Å². The Bertz CT molecular complexity index is 800. The number of hydrogen-bond acceptors (Lipinski definition) is 6. The largest absolute Gasteiger partial charge is 0.379 e. The van der Waals surface area contributed by atoms with Crippen molar-refractivity contribution in [1.82, 2.24) is 9.97 Å². The lowest BCUT2D eigenvalue weighted by molar-refractivity contribution is 0.491. The topological polar surface area (TPSA) is 64.2 Å². The molecule has 3 heterocycles. The van der Waals surface area contributed by atoms with Crippen LogP contribution in [0.3, 0.4) is 0 Å². The number of pyridine rings is 1. The molecule has 23 heavy (non-hydrogen) atoms. The van der Waals surface area contributed by atoms with E-state index in [1.165, 1.54) is 4.88 Å². The molecule has 3 rings (SSSR count). The Morgan fingerprint density at radius 1 is 1.35 bits per heavy atom. The van der Waals surface area contributed by atoms with Gasteiger partial charge in [-0.15, -0.1) is 17.3 Å². The summed E-state index contributed by atoms with van der Waals surface area (Å²) in [6, 6.07) is 2.07. The van der Waals surface area contributed by atoms with Crippen LogP contribution in [-0.2, 0) is 12.0 Å². The Labute approximate surface area is 144 Å². The minimum atomic E-state index is -0.237. The fraction of sp³-hybridized carbons (Fsp3) is 0.353. The van der Waals surface area contributed by atoms with Crippen molar-refractivity contribution >= 4 is 28.3 Å². The minimum Gasteiger partial charge on any atom is -0.379 e. The lowest BCUT2D eigenvalue weighted by Gasteiger charge is -2.27. The van der Waals surface area contributed by atoms with Crippen LogP contribution >= 0.6 is 23.1 Å². The molecule has 2 aromatic rings. The summed E-state index contributed by atoms with van der Waals surface area (Å²) < 4.78 is 0. The number of nitrogens with zero attached hydrogens (tertiary/aromatic N) is 3. The number of thiazole rings is 1. The molecule has 0 saturated carbocycles. The monoisotopic (exact) mass is 342 g/mol. The van der Waals surface area contributed by atoms with Crippen LogP contribution in [0.15, 0.2) is 29.6 Å². The van der Waals surface area contributed by atoms with Gasteiger partial charge in [0.1, 0.15) is 0 Å². The van der Waals surface area contributed by atoms with Crippen molar-refractivity contribution in [3.63, 3.8) is 0 Å². The van der Waals surface area contributed by atoms with Gasteiger partial charge in [0, 0.05) is 36.3 Å². The van der Waals surface area contributed by atoms with Gasteiger partial charge >= 0.3 is 0 Å². The third-order valence-corrected chi connectivity index (χ3v) is 5.75. The van der Waals surface area contributed by atoms with Gasteiger partial charge in [-0.1, -0.05) is 17.7 Å². The summed E-state index contributed by atoms with van der Waals surface area (Å²) in [5.74, 6) is 6.94.